The van der Waals surface area contributed by atoms with E-state index in [-0.39, 0.29) is 11.5 Å². The van der Waals surface area contributed by atoms with Crippen molar-refractivity contribution in [3.05, 3.63) is 40.2 Å². The van der Waals surface area contributed by atoms with Gasteiger partial charge in [-0.2, -0.15) is 0 Å². The summed E-state index contributed by atoms with van der Waals surface area (Å²) >= 11 is 0. The molecular formula is C23H33NO4. The van der Waals surface area contributed by atoms with Gasteiger partial charge in [0.15, 0.2) is 5.43 Å². The van der Waals surface area contributed by atoms with E-state index in [1.165, 1.54) is 0 Å². The third-order valence-corrected chi connectivity index (χ3v) is 5.30. The van der Waals surface area contributed by atoms with E-state index in [4.69, 9.17) is 9.15 Å². The second-order valence-corrected chi connectivity index (χ2v) is 8.31. The van der Waals surface area contributed by atoms with Gasteiger partial charge in [-0.25, -0.2) is 0 Å². The number of hydrogen-bond acceptors (Lipinski definition) is 5. The van der Waals surface area contributed by atoms with Gasteiger partial charge in [0, 0.05) is 25.6 Å². The third kappa shape index (κ3) is 6.08. The van der Waals surface area contributed by atoms with Crippen molar-refractivity contribution in [2.24, 2.45) is 5.92 Å². The van der Waals surface area contributed by atoms with Crippen LogP contribution in [-0.4, -0.2) is 42.4 Å². The molecule has 1 aromatic heterocycles. The van der Waals surface area contributed by atoms with Gasteiger partial charge < -0.3 is 19.2 Å². The lowest BCUT2D eigenvalue weighted by Gasteiger charge is -2.29. The molecule has 0 spiro atoms. The summed E-state index contributed by atoms with van der Waals surface area (Å²) in [6, 6.07) is 7.11. The molecule has 3 rings (SSSR count). The molecule has 1 aliphatic heterocycles. The first-order valence-corrected chi connectivity index (χ1v) is 10.6. The quantitative estimate of drug-likeness (QED) is 0.659. The predicted octanol–water partition coefficient (Wildman–Crippen LogP) is 4.00. The normalized spacial score (nSPS) is 16.1. The minimum Gasteiger partial charge on any atom is -0.494 e. The Hall–Kier alpha value is -1.85. The van der Waals surface area contributed by atoms with Crippen molar-refractivity contribution >= 4 is 11.0 Å². The molecule has 0 radical (unpaired) electrons. The van der Waals surface area contributed by atoms with E-state index in [0.29, 0.717) is 23.5 Å². The van der Waals surface area contributed by atoms with Crippen LogP contribution in [0, 0.1) is 5.92 Å². The fourth-order valence-electron chi connectivity index (χ4n) is 3.73. The highest BCUT2D eigenvalue weighted by Gasteiger charge is 2.16. The maximum Gasteiger partial charge on any atom is 0.193 e. The molecule has 5 heteroatoms. The maximum absolute atomic E-state index is 12.4. The fourth-order valence-corrected chi connectivity index (χ4v) is 3.73. The molecule has 0 atom stereocenters. The van der Waals surface area contributed by atoms with Gasteiger partial charge in [0.25, 0.3) is 0 Å². The smallest absolute Gasteiger partial charge is 0.193 e. The molecule has 1 saturated heterocycles. The number of unbranched alkanes of at least 4 members (excludes halogenated alkanes) is 2. The maximum atomic E-state index is 12.4. The second-order valence-electron chi connectivity index (χ2n) is 8.31. The molecule has 1 aliphatic rings. The van der Waals surface area contributed by atoms with Gasteiger partial charge in [0.1, 0.15) is 17.1 Å². The van der Waals surface area contributed by atoms with E-state index in [0.717, 1.165) is 69.7 Å². The Morgan fingerprint density at radius 3 is 2.71 bits per heavy atom. The Morgan fingerprint density at radius 1 is 1.18 bits per heavy atom. The number of fused-ring (bicyclic) bond motifs is 1. The van der Waals surface area contributed by atoms with Crippen LogP contribution in [-0.2, 0) is 6.42 Å². The Kier molecular flexibility index (Phi) is 7.51. The molecule has 2 heterocycles. The number of likely N-dealkylation sites (tertiary alicyclic amines) is 1. The van der Waals surface area contributed by atoms with Gasteiger partial charge in [0.05, 0.1) is 18.1 Å². The number of benzene rings is 1. The number of rotatable bonds is 9. The number of hydrogen-bond donors (Lipinski definition) is 1. The van der Waals surface area contributed by atoms with Crippen LogP contribution in [0.15, 0.2) is 33.5 Å². The van der Waals surface area contributed by atoms with Gasteiger partial charge in [-0.15, -0.1) is 0 Å². The molecule has 0 bridgehead atoms. The molecule has 5 nitrogen and oxygen atoms in total. The SMILES string of the molecule is CC(C)Cc1cc(=O)c2cc(OCCCCCN3CCC(O)CC3)ccc2o1. The number of piperidine rings is 1. The van der Waals surface area contributed by atoms with Crippen molar-refractivity contribution < 1.29 is 14.3 Å². The highest BCUT2D eigenvalue weighted by atomic mass is 16.5. The molecule has 2 aromatic rings. The van der Waals surface area contributed by atoms with E-state index in [2.05, 4.69) is 18.7 Å². The topological polar surface area (TPSA) is 62.9 Å². The van der Waals surface area contributed by atoms with Crippen LogP contribution in [0.4, 0.5) is 0 Å². The monoisotopic (exact) mass is 387 g/mol. The number of ether oxygens (including phenoxy) is 1. The van der Waals surface area contributed by atoms with Crippen molar-refractivity contribution in [3.8, 4) is 5.75 Å². The van der Waals surface area contributed by atoms with Crippen molar-refractivity contribution in [3.63, 3.8) is 0 Å². The largest absolute Gasteiger partial charge is 0.494 e. The molecule has 0 amide bonds. The number of aliphatic hydroxyl groups is 1. The van der Waals surface area contributed by atoms with Crippen LogP contribution in [0.5, 0.6) is 5.75 Å². The van der Waals surface area contributed by atoms with E-state index < -0.39 is 0 Å². The summed E-state index contributed by atoms with van der Waals surface area (Å²) in [6.45, 7) is 7.99. The lowest BCUT2D eigenvalue weighted by atomic mass is 10.1. The average molecular weight is 388 g/mol. The summed E-state index contributed by atoms with van der Waals surface area (Å²) in [5.41, 5.74) is 0.621. The Morgan fingerprint density at radius 2 is 1.96 bits per heavy atom. The summed E-state index contributed by atoms with van der Waals surface area (Å²) in [5, 5.41) is 10.1. The number of aliphatic hydroxyl groups excluding tert-OH is 1. The molecule has 0 unspecified atom stereocenters. The highest BCUT2D eigenvalue weighted by molar-refractivity contribution is 5.78. The molecule has 28 heavy (non-hydrogen) atoms. The number of nitrogens with zero attached hydrogens (tertiary/aromatic N) is 1. The zero-order chi connectivity index (χ0) is 19.9. The van der Waals surface area contributed by atoms with Crippen molar-refractivity contribution in [1.29, 1.82) is 0 Å². The second kappa shape index (κ2) is 10.1. The first-order chi connectivity index (χ1) is 13.5. The highest BCUT2D eigenvalue weighted by Crippen LogP contribution is 2.21. The zero-order valence-electron chi connectivity index (χ0n) is 17.2. The minimum absolute atomic E-state index is 0.00556. The first-order valence-electron chi connectivity index (χ1n) is 10.6. The molecule has 1 aromatic carbocycles. The standard InChI is InChI=1S/C23H33NO4/c1-17(2)14-20-16-22(26)21-15-19(6-7-23(21)28-20)27-13-5-3-4-10-24-11-8-18(25)9-12-24/h6-7,15-18,25H,3-5,8-14H2,1-2H3. The lowest BCUT2D eigenvalue weighted by Crippen LogP contribution is -2.36. The summed E-state index contributed by atoms with van der Waals surface area (Å²) in [7, 11) is 0. The summed E-state index contributed by atoms with van der Waals surface area (Å²) in [6.07, 6.45) is 5.73. The summed E-state index contributed by atoms with van der Waals surface area (Å²) in [5.74, 6) is 1.91. The van der Waals surface area contributed by atoms with Gasteiger partial charge >= 0.3 is 0 Å². The van der Waals surface area contributed by atoms with Crippen molar-refractivity contribution in [1.82, 2.24) is 4.90 Å². The Labute approximate surface area is 167 Å². The van der Waals surface area contributed by atoms with Gasteiger partial charge in [-0.3, -0.25) is 4.79 Å². The fraction of sp³-hybridized carbons (Fsp3) is 0.609. The predicted molar refractivity (Wildman–Crippen MR) is 112 cm³/mol. The van der Waals surface area contributed by atoms with Crippen LogP contribution < -0.4 is 10.2 Å². The molecule has 0 saturated carbocycles. The zero-order valence-corrected chi connectivity index (χ0v) is 17.2. The van der Waals surface area contributed by atoms with Crippen LogP contribution in [0.25, 0.3) is 11.0 Å². The third-order valence-electron chi connectivity index (χ3n) is 5.30. The van der Waals surface area contributed by atoms with Crippen LogP contribution in [0.1, 0.15) is 51.7 Å². The van der Waals surface area contributed by atoms with E-state index in [9.17, 15) is 9.90 Å². The van der Waals surface area contributed by atoms with Crippen LogP contribution >= 0.6 is 0 Å². The van der Waals surface area contributed by atoms with Gasteiger partial charge in [-0.05, 0) is 62.8 Å². The average Bonchev–Trinajstić information content (AvgIpc) is 2.66. The van der Waals surface area contributed by atoms with Crippen molar-refractivity contribution in [2.75, 3.05) is 26.2 Å². The molecule has 1 N–H and O–H groups in total. The van der Waals surface area contributed by atoms with Gasteiger partial charge in [-0.1, -0.05) is 13.8 Å². The Bertz CT molecular complexity index is 806. The van der Waals surface area contributed by atoms with Crippen molar-refractivity contribution in [2.45, 2.75) is 58.5 Å². The summed E-state index contributed by atoms with van der Waals surface area (Å²) < 4.78 is 11.7. The molecule has 1 fully saturated rings. The molecular weight excluding hydrogens is 354 g/mol. The van der Waals surface area contributed by atoms with E-state index in [1.807, 2.05) is 12.1 Å². The molecule has 0 aliphatic carbocycles. The van der Waals surface area contributed by atoms with Gasteiger partial charge in [0.2, 0.25) is 0 Å². The van der Waals surface area contributed by atoms with E-state index in [1.54, 1.807) is 12.1 Å². The van der Waals surface area contributed by atoms with Crippen LogP contribution in [0.2, 0.25) is 0 Å². The lowest BCUT2D eigenvalue weighted by molar-refractivity contribution is 0.0816. The van der Waals surface area contributed by atoms with E-state index >= 15 is 0 Å². The van der Waals surface area contributed by atoms with Crippen LogP contribution in [0.3, 0.4) is 0 Å². The first kappa shape index (κ1) is 20.9. The Balaban J connectivity index is 1.43. The summed E-state index contributed by atoms with van der Waals surface area (Å²) in [4.78, 5) is 14.8. The minimum atomic E-state index is -0.101. The molecule has 154 valence electrons.